The molecule has 5 heteroatoms. The highest BCUT2D eigenvalue weighted by Crippen LogP contribution is 2.28. The summed E-state index contributed by atoms with van der Waals surface area (Å²) < 4.78 is 6.09. The molecule has 1 heterocycles. The Morgan fingerprint density at radius 3 is 2.52 bits per heavy atom. The van der Waals surface area contributed by atoms with E-state index in [1.807, 2.05) is 32.9 Å². The van der Waals surface area contributed by atoms with Crippen LogP contribution in [-0.4, -0.2) is 12.8 Å². The molecule has 2 rings (SSSR count). The Bertz CT molecular complexity index is 874. The van der Waals surface area contributed by atoms with Gasteiger partial charge in [0, 0.05) is 36.1 Å². The third-order valence-corrected chi connectivity index (χ3v) is 4.02. The fourth-order valence-electron chi connectivity index (χ4n) is 2.64. The zero-order chi connectivity index (χ0) is 17.3. The zero-order valence-corrected chi connectivity index (χ0v) is 14.2. The molecule has 1 unspecified atom stereocenters. The lowest BCUT2D eigenvalue weighted by atomic mass is 9.98. The van der Waals surface area contributed by atoms with Crippen LogP contribution in [0.4, 0.5) is 0 Å². The molecule has 122 valence electrons. The largest absolute Gasteiger partial charge is 0.455 e. The summed E-state index contributed by atoms with van der Waals surface area (Å²) in [7, 11) is 1.67. The first-order valence-electron chi connectivity index (χ1n) is 7.51. The Hall–Kier alpha value is -2.40. The van der Waals surface area contributed by atoms with Gasteiger partial charge in [-0.05, 0) is 39.3 Å². The highest BCUT2D eigenvalue weighted by Gasteiger charge is 2.19. The molecule has 0 aliphatic rings. The maximum Gasteiger partial charge on any atom is 0.196 e. The van der Waals surface area contributed by atoms with Gasteiger partial charge < -0.3 is 15.9 Å². The van der Waals surface area contributed by atoms with Gasteiger partial charge in [0.15, 0.2) is 5.43 Å². The van der Waals surface area contributed by atoms with Crippen molar-refractivity contribution in [3.8, 4) is 0 Å². The summed E-state index contributed by atoms with van der Waals surface area (Å²) in [5.74, 6) is 0.443. The molecule has 2 aromatic rings. The molecule has 0 radical (unpaired) electrons. The summed E-state index contributed by atoms with van der Waals surface area (Å²) >= 11 is 0. The van der Waals surface area contributed by atoms with E-state index in [4.69, 9.17) is 15.9 Å². The normalized spacial score (nSPS) is 14.3. The van der Waals surface area contributed by atoms with E-state index in [0.717, 1.165) is 11.1 Å². The third kappa shape index (κ3) is 2.92. The topological polar surface area (TPSA) is 94.6 Å². The number of aliphatic imine (C=N–C) groups is 1. The lowest BCUT2D eigenvalue weighted by Gasteiger charge is -2.14. The quantitative estimate of drug-likeness (QED) is 0.852. The van der Waals surface area contributed by atoms with Gasteiger partial charge in [-0.3, -0.25) is 9.79 Å². The van der Waals surface area contributed by atoms with Crippen LogP contribution in [0.15, 0.2) is 32.5 Å². The highest BCUT2D eigenvalue weighted by molar-refractivity contribution is 6.22. The van der Waals surface area contributed by atoms with Crippen molar-refractivity contribution < 1.29 is 4.42 Å². The van der Waals surface area contributed by atoms with Crippen LogP contribution < -0.4 is 16.9 Å². The molecule has 0 amide bonds. The van der Waals surface area contributed by atoms with Gasteiger partial charge in [-0.2, -0.15) is 0 Å². The summed E-state index contributed by atoms with van der Waals surface area (Å²) in [4.78, 5) is 16.9. The van der Waals surface area contributed by atoms with Crippen LogP contribution in [0.1, 0.15) is 42.3 Å². The van der Waals surface area contributed by atoms with Crippen LogP contribution in [-0.2, 0) is 0 Å². The Balaban J connectivity index is 2.96. The number of fused-ring (bicyclic) bond motifs is 1. The molecule has 1 aromatic carbocycles. The van der Waals surface area contributed by atoms with E-state index in [9.17, 15) is 4.79 Å². The fourth-order valence-corrected chi connectivity index (χ4v) is 2.64. The van der Waals surface area contributed by atoms with E-state index in [-0.39, 0.29) is 11.5 Å². The standard InChI is InChI=1S/C18H23N3O2/c1-9-6-13(11(3)20)18-14(7-9)16(22)10(2)17(23-18)15(8-19)12(4)21-5/h6-8,11H,19-20H2,1-5H3/b15-8+,21-12?. The predicted octanol–water partition coefficient (Wildman–Crippen LogP) is 2.82. The van der Waals surface area contributed by atoms with Gasteiger partial charge in [0.05, 0.1) is 11.0 Å². The van der Waals surface area contributed by atoms with E-state index in [0.29, 0.717) is 33.6 Å². The molecule has 0 aliphatic heterocycles. The van der Waals surface area contributed by atoms with Crippen molar-refractivity contribution >= 4 is 22.3 Å². The first kappa shape index (κ1) is 17.0. The Labute approximate surface area is 135 Å². The van der Waals surface area contributed by atoms with Gasteiger partial charge in [-0.25, -0.2) is 0 Å². The summed E-state index contributed by atoms with van der Waals surface area (Å²) in [6.45, 7) is 7.37. The second-order valence-electron chi connectivity index (χ2n) is 5.79. The third-order valence-electron chi connectivity index (χ3n) is 4.02. The summed E-state index contributed by atoms with van der Waals surface area (Å²) in [6, 6.07) is 3.53. The molecule has 5 nitrogen and oxygen atoms in total. The molecule has 0 saturated carbocycles. The number of aryl methyl sites for hydroxylation is 1. The molecule has 4 N–H and O–H groups in total. The highest BCUT2D eigenvalue weighted by atomic mass is 16.3. The molecular weight excluding hydrogens is 290 g/mol. The monoisotopic (exact) mass is 313 g/mol. The number of nitrogens with two attached hydrogens (primary N) is 2. The van der Waals surface area contributed by atoms with Crippen molar-refractivity contribution in [1.82, 2.24) is 0 Å². The predicted molar refractivity (Wildman–Crippen MR) is 95.8 cm³/mol. The van der Waals surface area contributed by atoms with Crippen molar-refractivity contribution in [3.63, 3.8) is 0 Å². The van der Waals surface area contributed by atoms with E-state index in [2.05, 4.69) is 4.99 Å². The van der Waals surface area contributed by atoms with Crippen molar-refractivity contribution in [2.24, 2.45) is 16.5 Å². The Kier molecular flexibility index (Phi) is 4.71. The minimum absolute atomic E-state index is 0.0740. The van der Waals surface area contributed by atoms with Crippen LogP contribution in [0.2, 0.25) is 0 Å². The van der Waals surface area contributed by atoms with Crippen LogP contribution in [0, 0.1) is 13.8 Å². The van der Waals surface area contributed by atoms with Gasteiger partial charge in [-0.15, -0.1) is 0 Å². The van der Waals surface area contributed by atoms with E-state index in [1.165, 1.54) is 6.20 Å². The lowest BCUT2D eigenvalue weighted by molar-refractivity contribution is 0.574. The maximum absolute atomic E-state index is 12.8. The molecule has 0 saturated heterocycles. The minimum Gasteiger partial charge on any atom is -0.455 e. The second kappa shape index (κ2) is 6.38. The summed E-state index contributed by atoms with van der Waals surface area (Å²) in [6.07, 6.45) is 1.42. The van der Waals surface area contributed by atoms with Crippen molar-refractivity contribution in [3.05, 3.63) is 51.0 Å². The summed E-state index contributed by atoms with van der Waals surface area (Å²) in [5.41, 5.74) is 15.8. The van der Waals surface area contributed by atoms with Crippen LogP contribution >= 0.6 is 0 Å². The fraction of sp³-hybridized carbons (Fsp3) is 0.333. The Morgan fingerprint density at radius 2 is 2.00 bits per heavy atom. The molecule has 1 aromatic heterocycles. The van der Waals surface area contributed by atoms with Crippen molar-refractivity contribution in [2.75, 3.05) is 7.05 Å². The molecule has 1 atom stereocenters. The average Bonchev–Trinajstić information content (AvgIpc) is 2.52. The number of benzene rings is 1. The Morgan fingerprint density at radius 1 is 1.35 bits per heavy atom. The van der Waals surface area contributed by atoms with Crippen molar-refractivity contribution in [1.29, 1.82) is 0 Å². The summed E-state index contributed by atoms with van der Waals surface area (Å²) in [5, 5.41) is 0.543. The van der Waals surface area contributed by atoms with E-state index >= 15 is 0 Å². The number of allylic oxidation sites excluding steroid dienone is 1. The number of nitrogens with zero attached hydrogens (tertiary/aromatic N) is 1. The molecular formula is C18H23N3O2. The number of hydrogen-bond donors (Lipinski definition) is 2. The van der Waals surface area contributed by atoms with Gasteiger partial charge in [-0.1, -0.05) is 6.07 Å². The molecule has 0 bridgehead atoms. The second-order valence-corrected chi connectivity index (χ2v) is 5.79. The van der Waals surface area contributed by atoms with Crippen molar-refractivity contribution in [2.45, 2.75) is 33.7 Å². The van der Waals surface area contributed by atoms with E-state index < -0.39 is 0 Å². The zero-order valence-electron chi connectivity index (χ0n) is 14.2. The van der Waals surface area contributed by atoms with Crippen LogP contribution in [0.3, 0.4) is 0 Å². The average molecular weight is 313 g/mol. The number of rotatable bonds is 3. The van der Waals surface area contributed by atoms with Gasteiger partial charge in [0.1, 0.15) is 11.3 Å². The first-order valence-corrected chi connectivity index (χ1v) is 7.51. The SMILES string of the molecule is CN=C(C)/C(=C\N)c1oc2c(C(C)N)cc(C)cc2c(=O)c1C. The van der Waals surface area contributed by atoms with Crippen LogP contribution in [0.5, 0.6) is 0 Å². The smallest absolute Gasteiger partial charge is 0.196 e. The van der Waals surface area contributed by atoms with Gasteiger partial charge in [0.25, 0.3) is 0 Å². The molecule has 23 heavy (non-hydrogen) atoms. The first-order chi connectivity index (χ1) is 10.8. The minimum atomic E-state index is -0.248. The molecule has 0 fully saturated rings. The molecule has 0 aliphatic carbocycles. The maximum atomic E-state index is 12.8. The van der Waals surface area contributed by atoms with Gasteiger partial charge in [0.2, 0.25) is 0 Å². The number of hydrogen-bond acceptors (Lipinski definition) is 5. The molecule has 0 spiro atoms. The lowest BCUT2D eigenvalue weighted by Crippen LogP contribution is -2.14. The van der Waals surface area contributed by atoms with Gasteiger partial charge >= 0.3 is 0 Å². The van der Waals surface area contributed by atoms with Crippen LogP contribution in [0.25, 0.3) is 16.5 Å². The van der Waals surface area contributed by atoms with E-state index in [1.54, 1.807) is 14.0 Å².